The van der Waals surface area contributed by atoms with Gasteiger partial charge in [-0.2, -0.15) is 0 Å². The van der Waals surface area contributed by atoms with Gasteiger partial charge in [-0.15, -0.1) is 0 Å². The van der Waals surface area contributed by atoms with Crippen LogP contribution in [0.1, 0.15) is 24.3 Å². The van der Waals surface area contributed by atoms with E-state index in [0.29, 0.717) is 30.0 Å². The lowest BCUT2D eigenvalue weighted by atomic mass is 10.2. The van der Waals surface area contributed by atoms with Crippen molar-refractivity contribution in [1.82, 2.24) is 14.8 Å². The lowest BCUT2D eigenvalue weighted by Crippen LogP contribution is -2.50. The number of nitrogens with two attached hydrogens (primary N) is 1. The molecule has 2 heterocycles. The lowest BCUT2D eigenvalue weighted by molar-refractivity contribution is 0.0590. The maximum atomic E-state index is 12.5. The predicted octanol–water partition coefficient (Wildman–Crippen LogP) is 1.19. The van der Waals surface area contributed by atoms with Crippen molar-refractivity contribution < 1.29 is 4.79 Å². The summed E-state index contributed by atoms with van der Waals surface area (Å²) in [7, 11) is 0. The molecule has 1 aromatic heterocycles. The van der Waals surface area contributed by atoms with E-state index in [4.69, 9.17) is 17.4 Å². The largest absolute Gasteiger partial charge is 0.335 e. The van der Waals surface area contributed by atoms with Crippen molar-refractivity contribution in [3.05, 3.63) is 22.8 Å². The minimum absolute atomic E-state index is 0.143. The van der Waals surface area contributed by atoms with Crippen LogP contribution < -0.4 is 11.3 Å². The number of carbonyl (C=O) groups excluding carboxylic acids is 1. The van der Waals surface area contributed by atoms with Crippen LogP contribution in [0.25, 0.3) is 0 Å². The number of piperazine rings is 1. The van der Waals surface area contributed by atoms with Crippen molar-refractivity contribution >= 4 is 23.3 Å². The smallest absolute Gasteiger partial charge is 0.274 e. The Balaban J connectivity index is 2.09. The second-order valence-corrected chi connectivity index (χ2v) is 5.50. The Hall–Kier alpha value is -1.37. The molecule has 0 bridgehead atoms. The normalized spacial score (nSPS) is 16.6. The molecule has 20 heavy (non-hydrogen) atoms. The van der Waals surface area contributed by atoms with E-state index in [1.54, 1.807) is 17.0 Å². The second kappa shape index (κ2) is 6.39. The molecule has 0 aromatic carbocycles. The van der Waals surface area contributed by atoms with Gasteiger partial charge in [0.25, 0.3) is 5.91 Å². The Morgan fingerprint density at radius 3 is 2.55 bits per heavy atom. The van der Waals surface area contributed by atoms with Crippen LogP contribution in [0.5, 0.6) is 0 Å². The number of anilines is 1. The van der Waals surface area contributed by atoms with Gasteiger partial charge < -0.3 is 10.3 Å². The zero-order chi connectivity index (χ0) is 14.7. The Labute approximate surface area is 123 Å². The molecule has 1 saturated heterocycles. The Kier molecular flexibility index (Phi) is 4.80. The molecular formula is C13H20ClN5O. The molecule has 0 saturated carbocycles. The third kappa shape index (κ3) is 3.20. The van der Waals surface area contributed by atoms with E-state index < -0.39 is 0 Å². The summed E-state index contributed by atoms with van der Waals surface area (Å²) in [6.07, 6.45) is 0. The van der Waals surface area contributed by atoms with Crippen LogP contribution in [0.15, 0.2) is 12.1 Å². The lowest BCUT2D eigenvalue weighted by Gasteiger charge is -2.36. The van der Waals surface area contributed by atoms with E-state index in [1.165, 1.54) is 0 Å². The van der Waals surface area contributed by atoms with Crippen LogP contribution in [-0.2, 0) is 0 Å². The van der Waals surface area contributed by atoms with Crippen molar-refractivity contribution in [2.24, 2.45) is 5.84 Å². The SMILES string of the molecule is CC(C)N1CCN(C(=O)c2nc(NN)ccc2Cl)CC1. The maximum absolute atomic E-state index is 12.5. The summed E-state index contributed by atoms with van der Waals surface area (Å²) >= 11 is 6.06. The summed E-state index contributed by atoms with van der Waals surface area (Å²) in [5, 5.41) is 0.347. The number of rotatable bonds is 3. The van der Waals surface area contributed by atoms with Crippen LogP contribution in [-0.4, -0.2) is 52.9 Å². The van der Waals surface area contributed by atoms with Gasteiger partial charge in [0.05, 0.1) is 5.02 Å². The fourth-order valence-electron chi connectivity index (χ4n) is 2.26. The molecule has 0 spiro atoms. The number of hydrogen-bond donors (Lipinski definition) is 2. The highest BCUT2D eigenvalue weighted by atomic mass is 35.5. The first-order valence-electron chi connectivity index (χ1n) is 6.69. The first-order valence-corrected chi connectivity index (χ1v) is 7.07. The van der Waals surface area contributed by atoms with Crippen molar-refractivity contribution in [1.29, 1.82) is 0 Å². The van der Waals surface area contributed by atoms with Crippen LogP contribution >= 0.6 is 11.6 Å². The highest BCUT2D eigenvalue weighted by Gasteiger charge is 2.25. The number of amides is 1. The molecular weight excluding hydrogens is 278 g/mol. The van der Waals surface area contributed by atoms with E-state index in [0.717, 1.165) is 13.1 Å². The molecule has 110 valence electrons. The molecule has 1 aliphatic rings. The summed E-state index contributed by atoms with van der Waals surface area (Å²) in [6, 6.07) is 3.76. The van der Waals surface area contributed by atoms with E-state index in [2.05, 4.69) is 29.2 Å². The number of nitrogen functional groups attached to an aromatic ring is 1. The van der Waals surface area contributed by atoms with Gasteiger partial charge in [-0.1, -0.05) is 11.6 Å². The number of nitrogens with zero attached hydrogens (tertiary/aromatic N) is 3. The monoisotopic (exact) mass is 297 g/mol. The van der Waals surface area contributed by atoms with Crippen LogP contribution in [0.3, 0.4) is 0 Å². The Morgan fingerprint density at radius 2 is 2.00 bits per heavy atom. The Bertz CT molecular complexity index is 486. The van der Waals surface area contributed by atoms with E-state index >= 15 is 0 Å². The minimum atomic E-state index is -0.143. The topological polar surface area (TPSA) is 74.5 Å². The minimum Gasteiger partial charge on any atom is -0.335 e. The summed E-state index contributed by atoms with van der Waals surface area (Å²) in [4.78, 5) is 20.7. The number of pyridine rings is 1. The summed E-state index contributed by atoms with van der Waals surface area (Å²) in [6.45, 7) is 7.44. The molecule has 0 radical (unpaired) electrons. The van der Waals surface area contributed by atoms with Gasteiger partial charge in [0, 0.05) is 32.2 Å². The van der Waals surface area contributed by atoms with Gasteiger partial charge in [0.2, 0.25) is 0 Å². The highest BCUT2D eigenvalue weighted by molar-refractivity contribution is 6.33. The highest BCUT2D eigenvalue weighted by Crippen LogP contribution is 2.19. The quantitative estimate of drug-likeness (QED) is 0.647. The second-order valence-electron chi connectivity index (χ2n) is 5.09. The molecule has 6 nitrogen and oxygen atoms in total. The van der Waals surface area contributed by atoms with E-state index in [-0.39, 0.29) is 11.6 Å². The van der Waals surface area contributed by atoms with Gasteiger partial charge in [-0.3, -0.25) is 9.69 Å². The molecule has 0 aliphatic carbocycles. The van der Waals surface area contributed by atoms with Gasteiger partial charge in [0.15, 0.2) is 0 Å². The van der Waals surface area contributed by atoms with Crippen molar-refractivity contribution in [3.8, 4) is 0 Å². The zero-order valence-corrected chi connectivity index (χ0v) is 12.5. The third-order valence-corrected chi connectivity index (χ3v) is 3.83. The maximum Gasteiger partial charge on any atom is 0.274 e. The van der Waals surface area contributed by atoms with Crippen LogP contribution in [0.2, 0.25) is 5.02 Å². The van der Waals surface area contributed by atoms with Crippen LogP contribution in [0.4, 0.5) is 5.82 Å². The zero-order valence-electron chi connectivity index (χ0n) is 11.8. The van der Waals surface area contributed by atoms with Gasteiger partial charge in [-0.05, 0) is 26.0 Å². The van der Waals surface area contributed by atoms with E-state index in [1.807, 2.05) is 0 Å². The number of nitrogens with one attached hydrogen (secondary N) is 1. The fraction of sp³-hybridized carbons (Fsp3) is 0.538. The molecule has 1 aliphatic heterocycles. The molecule has 2 rings (SSSR count). The Morgan fingerprint density at radius 1 is 1.35 bits per heavy atom. The standard InChI is InChI=1S/C13H20ClN5O/c1-9(2)18-5-7-19(8-6-18)13(20)12-10(14)3-4-11(16-12)17-15/h3-4,9H,5-8,15H2,1-2H3,(H,16,17). The van der Waals surface area contributed by atoms with Crippen molar-refractivity contribution in [2.45, 2.75) is 19.9 Å². The molecule has 1 fully saturated rings. The van der Waals surface area contributed by atoms with Gasteiger partial charge >= 0.3 is 0 Å². The van der Waals surface area contributed by atoms with Crippen LogP contribution in [0, 0.1) is 0 Å². The first-order chi connectivity index (χ1) is 9.52. The summed E-state index contributed by atoms with van der Waals surface area (Å²) < 4.78 is 0. The number of carbonyl (C=O) groups is 1. The number of hydrogen-bond acceptors (Lipinski definition) is 5. The van der Waals surface area contributed by atoms with Gasteiger partial charge in [-0.25, -0.2) is 10.8 Å². The fourth-order valence-corrected chi connectivity index (χ4v) is 2.45. The van der Waals surface area contributed by atoms with Crippen molar-refractivity contribution in [2.75, 3.05) is 31.6 Å². The molecule has 0 atom stereocenters. The average Bonchev–Trinajstić information content (AvgIpc) is 2.47. The molecule has 3 N–H and O–H groups in total. The number of hydrazine groups is 1. The average molecular weight is 298 g/mol. The van der Waals surface area contributed by atoms with E-state index in [9.17, 15) is 4.79 Å². The summed E-state index contributed by atoms with van der Waals surface area (Å²) in [5.41, 5.74) is 2.68. The van der Waals surface area contributed by atoms with Crippen molar-refractivity contribution in [3.63, 3.8) is 0 Å². The molecule has 0 unspecified atom stereocenters. The first kappa shape index (κ1) is 15.0. The number of halogens is 1. The molecule has 7 heteroatoms. The summed E-state index contributed by atoms with van der Waals surface area (Å²) in [5.74, 6) is 5.60. The molecule has 1 aromatic rings. The van der Waals surface area contributed by atoms with Gasteiger partial charge in [0.1, 0.15) is 11.5 Å². The third-order valence-electron chi connectivity index (χ3n) is 3.53. The number of aromatic nitrogens is 1. The molecule has 1 amide bonds. The predicted molar refractivity (Wildman–Crippen MR) is 79.7 cm³/mol.